The van der Waals surface area contributed by atoms with Crippen molar-refractivity contribution in [3.8, 4) is 16.2 Å². The summed E-state index contributed by atoms with van der Waals surface area (Å²) in [6.45, 7) is 0.613. The van der Waals surface area contributed by atoms with Crippen LogP contribution in [0, 0.1) is 0 Å². The van der Waals surface area contributed by atoms with Crippen LogP contribution < -0.4 is 4.74 Å². The number of carbonyl (C=O) groups is 2. The van der Waals surface area contributed by atoms with E-state index >= 15 is 0 Å². The molecule has 1 fully saturated rings. The van der Waals surface area contributed by atoms with Crippen LogP contribution in [0.3, 0.4) is 0 Å². The van der Waals surface area contributed by atoms with Gasteiger partial charge in [-0.3, -0.25) is 4.79 Å². The van der Waals surface area contributed by atoms with Crippen LogP contribution >= 0.6 is 11.3 Å². The van der Waals surface area contributed by atoms with Gasteiger partial charge in [0.2, 0.25) is 0 Å². The van der Waals surface area contributed by atoms with E-state index in [2.05, 4.69) is 0 Å². The number of hydrogen-bond acceptors (Lipinski definition) is 5. The highest BCUT2D eigenvalue weighted by molar-refractivity contribution is 7.17. The number of carbonyl (C=O) groups excluding carboxylic acids is 1. The fourth-order valence-electron chi connectivity index (χ4n) is 2.55. The van der Waals surface area contributed by atoms with Gasteiger partial charge in [0.25, 0.3) is 5.91 Å². The van der Waals surface area contributed by atoms with E-state index in [1.165, 1.54) is 23.3 Å². The predicted molar refractivity (Wildman–Crippen MR) is 89.6 cm³/mol. The maximum absolute atomic E-state index is 12.8. The molecule has 7 heteroatoms. The number of ether oxygens (including phenoxy) is 2. The second kappa shape index (κ2) is 7.02. The summed E-state index contributed by atoms with van der Waals surface area (Å²) in [5.41, 5.74) is 1.00. The van der Waals surface area contributed by atoms with E-state index in [1.54, 1.807) is 0 Å². The summed E-state index contributed by atoms with van der Waals surface area (Å²) in [6.07, 6.45) is -0.984. The number of hydrogen-bond donors (Lipinski definition) is 1. The Morgan fingerprint density at radius 3 is 2.75 bits per heavy atom. The molecule has 24 heavy (non-hydrogen) atoms. The minimum atomic E-state index is -1.06. The van der Waals surface area contributed by atoms with Gasteiger partial charge in [-0.1, -0.05) is 30.3 Å². The number of morpholine rings is 1. The van der Waals surface area contributed by atoms with Crippen LogP contribution in [0.5, 0.6) is 5.75 Å². The molecule has 1 aliphatic heterocycles. The molecule has 0 aliphatic carbocycles. The maximum atomic E-state index is 12.8. The molecular weight excluding hydrogens is 330 g/mol. The molecule has 1 amide bonds. The molecule has 0 saturated carbocycles. The first-order chi connectivity index (χ1) is 11.6. The quantitative estimate of drug-likeness (QED) is 0.919. The van der Waals surface area contributed by atoms with Crippen molar-refractivity contribution < 1.29 is 24.2 Å². The predicted octanol–water partition coefficient (Wildman–Crippen LogP) is 2.35. The molecular formula is C17H17NO5S. The Labute approximate surface area is 143 Å². The van der Waals surface area contributed by atoms with Gasteiger partial charge in [0.1, 0.15) is 10.6 Å². The molecule has 1 atom stereocenters. The lowest BCUT2D eigenvalue weighted by molar-refractivity contribution is -0.154. The van der Waals surface area contributed by atoms with E-state index < -0.39 is 12.1 Å². The number of nitrogens with zero attached hydrogens (tertiary/aromatic N) is 1. The van der Waals surface area contributed by atoms with Crippen molar-refractivity contribution in [2.24, 2.45) is 0 Å². The van der Waals surface area contributed by atoms with Crippen molar-refractivity contribution >= 4 is 23.2 Å². The second-order valence-electron chi connectivity index (χ2n) is 5.32. The summed E-state index contributed by atoms with van der Waals surface area (Å²) in [7, 11) is 1.52. The summed E-state index contributed by atoms with van der Waals surface area (Å²) in [5.74, 6) is -0.786. The van der Waals surface area contributed by atoms with Gasteiger partial charge < -0.3 is 19.5 Å². The fourth-order valence-corrected chi connectivity index (χ4v) is 3.65. The van der Waals surface area contributed by atoms with Crippen LogP contribution in [0.15, 0.2) is 36.4 Å². The zero-order valence-electron chi connectivity index (χ0n) is 13.1. The number of carboxylic acid groups (broad SMARTS) is 1. The first-order valence-electron chi connectivity index (χ1n) is 7.47. The first-order valence-corrected chi connectivity index (χ1v) is 8.28. The number of benzene rings is 1. The molecule has 0 bridgehead atoms. The highest BCUT2D eigenvalue weighted by Crippen LogP contribution is 2.37. The Morgan fingerprint density at radius 2 is 2.08 bits per heavy atom. The Hall–Kier alpha value is -2.38. The molecule has 1 saturated heterocycles. The van der Waals surface area contributed by atoms with E-state index in [0.29, 0.717) is 17.2 Å². The number of carboxylic acids is 1. The lowest BCUT2D eigenvalue weighted by Crippen LogP contribution is -2.48. The highest BCUT2D eigenvalue weighted by Gasteiger charge is 2.31. The standard InChI is InChI=1S/C17H17NO5S/c1-22-12-9-14(11-5-3-2-4-6-11)24-15(12)16(19)18-7-8-23-13(10-18)17(20)21/h2-6,9,13H,7-8,10H2,1H3,(H,20,21)/t13-/m0/s1. The third-order valence-corrected chi connectivity index (χ3v) is 4.95. The Morgan fingerprint density at radius 1 is 1.33 bits per heavy atom. The number of methoxy groups -OCH3 is 1. The van der Waals surface area contributed by atoms with Gasteiger partial charge in [-0.15, -0.1) is 11.3 Å². The summed E-state index contributed by atoms with van der Waals surface area (Å²) in [4.78, 5) is 26.8. The largest absolute Gasteiger partial charge is 0.495 e. The minimum Gasteiger partial charge on any atom is -0.495 e. The SMILES string of the molecule is COc1cc(-c2ccccc2)sc1C(=O)N1CCO[C@H](C(=O)O)C1. The summed E-state index contributed by atoms with van der Waals surface area (Å²) in [6, 6.07) is 11.6. The van der Waals surface area contributed by atoms with Crippen LogP contribution in [-0.2, 0) is 9.53 Å². The van der Waals surface area contributed by atoms with Crippen molar-refractivity contribution in [2.75, 3.05) is 26.8 Å². The molecule has 1 N–H and O–H groups in total. The molecule has 0 radical (unpaired) electrons. The van der Waals surface area contributed by atoms with Gasteiger partial charge in [0.15, 0.2) is 6.10 Å². The Bertz CT molecular complexity index is 743. The smallest absolute Gasteiger partial charge is 0.334 e. The summed E-state index contributed by atoms with van der Waals surface area (Å²) in [5, 5.41) is 9.08. The highest BCUT2D eigenvalue weighted by atomic mass is 32.1. The molecule has 0 spiro atoms. The topological polar surface area (TPSA) is 76.1 Å². The van der Waals surface area contributed by atoms with E-state index in [-0.39, 0.29) is 19.1 Å². The van der Waals surface area contributed by atoms with Crippen molar-refractivity contribution in [1.29, 1.82) is 0 Å². The molecule has 3 rings (SSSR count). The zero-order valence-corrected chi connectivity index (χ0v) is 13.9. The van der Waals surface area contributed by atoms with Crippen molar-refractivity contribution in [3.05, 3.63) is 41.3 Å². The van der Waals surface area contributed by atoms with E-state index in [1.807, 2.05) is 36.4 Å². The second-order valence-corrected chi connectivity index (χ2v) is 6.38. The average molecular weight is 347 g/mol. The van der Waals surface area contributed by atoms with Crippen LogP contribution in [0.25, 0.3) is 10.4 Å². The van der Waals surface area contributed by atoms with Gasteiger partial charge in [0, 0.05) is 11.4 Å². The van der Waals surface area contributed by atoms with Crippen molar-refractivity contribution in [1.82, 2.24) is 4.90 Å². The Kier molecular flexibility index (Phi) is 4.82. The molecule has 2 aromatic rings. The van der Waals surface area contributed by atoms with Gasteiger partial charge in [-0.2, -0.15) is 0 Å². The van der Waals surface area contributed by atoms with Crippen LogP contribution in [0.1, 0.15) is 9.67 Å². The number of thiophene rings is 1. The van der Waals surface area contributed by atoms with Gasteiger partial charge in [-0.05, 0) is 11.6 Å². The lowest BCUT2D eigenvalue weighted by Gasteiger charge is -2.30. The molecule has 126 valence electrons. The van der Waals surface area contributed by atoms with E-state index in [9.17, 15) is 9.59 Å². The number of amides is 1. The molecule has 6 nitrogen and oxygen atoms in total. The molecule has 1 aliphatic rings. The summed E-state index contributed by atoms with van der Waals surface area (Å²) < 4.78 is 10.5. The molecule has 2 heterocycles. The van der Waals surface area contributed by atoms with E-state index in [0.717, 1.165) is 10.4 Å². The third-order valence-electron chi connectivity index (χ3n) is 3.80. The lowest BCUT2D eigenvalue weighted by atomic mass is 10.2. The third kappa shape index (κ3) is 3.27. The molecule has 1 aromatic heterocycles. The normalized spacial score (nSPS) is 17.5. The van der Waals surface area contributed by atoms with Gasteiger partial charge >= 0.3 is 5.97 Å². The minimum absolute atomic E-state index is 0.0376. The van der Waals surface area contributed by atoms with Crippen molar-refractivity contribution in [3.63, 3.8) is 0 Å². The van der Waals surface area contributed by atoms with E-state index in [4.69, 9.17) is 14.6 Å². The van der Waals surface area contributed by atoms with Crippen LogP contribution in [0.2, 0.25) is 0 Å². The number of rotatable bonds is 4. The van der Waals surface area contributed by atoms with Gasteiger partial charge in [0.05, 0.1) is 20.3 Å². The van der Waals surface area contributed by atoms with Crippen molar-refractivity contribution in [2.45, 2.75) is 6.10 Å². The number of aliphatic carboxylic acids is 1. The molecule has 0 unspecified atom stereocenters. The average Bonchev–Trinajstić information content (AvgIpc) is 3.06. The fraction of sp³-hybridized carbons (Fsp3) is 0.294. The first kappa shape index (κ1) is 16.5. The molecule has 1 aromatic carbocycles. The maximum Gasteiger partial charge on any atom is 0.334 e. The monoisotopic (exact) mass is 347 g/mol. The Balaban J connectivity index is 1.87. The van der Waals surface area contributed by atoms with Crippen LogP contribution in [0.4, 0.5) is 0 Å². The van der Waals surface area contributed by atoms with Crippen LogP contribution in [-0.4, -0.2) is 54.8 Å². The zero-order chi connectivity index (χ0) is 17.1. The van der Waals surface area contributed by atoms with Gasteiger partial charge in [-0.25, -0.2) is 4.79 Å². The summed E-state index contributed by atoms with van der Waals surface area (Å²) >= 11 is 1.34.